The number of furan rings is 1. The summed E-state index contributed by atoms with van der Waals surface area (Å²) >= 11 is 0. The first-order chi connectivity index (χ1) is 9.39. The van der Waals surface area contributed by atoms with Crippen molar-refractivity contribution in [2.24, 2.45) is 0 Å². The smallest absolute Gasteiger partial charge is 0.391 e. The molecule has 1 aromatic carbocycles. The molecule has 1 unspecified atom stereocenters. The number of fused-ring (bicyclic) bond motifs is 1. The Morgan fingerprint density at radius 1 is 1.25 bits per heavy atom. The summed E-state index contributed by atoms with van der Waals surface area (Å²) < 4.78 is 56.3. The van der Waals surface area contributed by atoms with E-state index < -0.39 is 24.5 Å². The summed E-state index contributed by atoms with van der Waals surface area (Å²) in [6, 6.07) is 4.38. The van der Waals surface area contributed by atoms with Crippen molar-refractivity contribution in [3.8, 4) is 0 Å². The number of rotatable bonds is 5. The van der Waals surface area contributed by atoms with Crippen LogP contribution in [0.2, 0.25) is 0 Å². The van der Waals surface area contributed by atoms with Crippen molar-refractivity contribution in [2.45, 2.75) is 32.0 Å². The number of halogens is 4. The Balaban J connectivity index is 2.29. The van der Waals surface area contributed by atoms with Gasteiger partial charge in [0.1, 0.15) is 17.2 Å². The van der Waals surface area contributed by atoms with Crippen molar-refractivity contribution < 1.29 is 22.0 Å². The minimum atomic E-state index is -4.30. The zero-order valence-corrected chi connectivity index (χ0v) is 10.9. The number of nitrogens with one attached hydrogen (secondary N) is 1. The molecule has 0 bridgehead atoms. The van der Waals surface area contributed by atoms with Gasteiger partial charge in [0.25, 0.3) is 0 Å². The van der Waals surface area contributed by atoms with E-state index in [2.05, 4.69) is 5.32 Å². The quantitative estimate of drug-likeness (QED) is 0.816. The largest absolute Gasteiger partial charge is 0.459 e. The van der Waals surface area contributed by atoms with Crippen LogP contribution in [0, 0.1) is 5.82 Å². The first kappa shape index (κ1) is 14.8. The van der Waals surface area contributed by atoms with E-state index in [-0.39, 0.29) is 5.76 Å². The summed E-state index contributed by atoms with van der Waals surface area (Å²) in [5, 5.41) is 3.27. The van der Waals surface area contributed by atoms with Gasteiger partial charge in [-0.05, 0) is 37.2 Å². The van der Waals surface area contributed by atoms with Gasteiger partial charge < -0.3 is 9.73 Å². The lowest BCUT2D eigenvalue weighted by atomic mass is 10.1. The van der Waals surface area contributed by atoms with Gasteiger partial charge in [0.15, 0.2) is 0 Å². The van der Waals surface area contributed by atoms with Gasteiger partial charge in [0.2, 0.25) is 0 Å². The second-order valence-electron chi connectivity index (χ2n) is 4.66. The number of benzene rings is 1. The van der Waals surface area contributed by atoms with Gasteiger partial charge in [0, 0.05) is 5.39 Å². The minimum absolute atomic E-state index is 0.177. The van der Waals surface area contributed by atoms with Gasteiger partial charge in [0.05, 0.1) is 12.5 Å². The first-order valence-corrected chi connectivity index (χ1v) is 6.38. The molecular formula is C14H15F4NO. The maximum atomic E-state index is 13.1. The molecule has 0 saturated heterocycles. The minimum Gasteiger partial charge on any atom is -0.459 e. The molecule has 2 nitrogen and oxygen atoms in total. The molecule has 1 atom stereocenters. The lowest BCUT2D eigenvalue weighted by Crippen LogP contribution is -2.27. The van der Waals surface area contributed by atoms with E-state index >= 15 is 0 Å². The number of hydrogen-bond acceptors (Lipinski definition) is 2. The van der Waals surface area contributed by atoms with Crippen molar-refractivity contribution in [1.82, 2.24) is 5.32 Å². The second-order valence-corrected chi connectivity index (χ2v) is 4.66. The SMILES string of the molecule is CCCNC(CC(F)(F)F)c1cc2cc(F)ccc2o1. The molecule has 20 heavy (non-hydrogen) atoms. The summed E-state index contributed by atoms with van der Waals surface area (Å²) in [4.78, 5) is 0. The van der Waals surface area contributed by atoms with Crippen LogP contribution in [-0.2, 0) is 0 Å². The summed E-state index contributed by atoms with van der Waals surface area (Å²) in [6.45, 7) is 2.32. The van der Waals surface area contributed by atoms with E-state index in [0.717, 1.165) is 0 Å². The van der Waals surface area contributed by atoms with Crippen molar-refractivity contribution in [2.75, 3.05) is 6.54 Å². The average Bonchev–Trinajstić information content (AvgIpc) is 2.75. The van der Waals surface area contributed by atoms with Crippen molar-refractivity contribution >= 4 is 11.0 Å². The molecule has 110 valence electrons. The third-order valence-corrected chi connectivity index (χ3v) is 2.92. The Kier molecular flexibility index (Phi) is 4.32. The van der Waals surface area contributed by atoms with E-state index in [1.807, 2.05) is 6.92 Å². The lowest BCUT2D eigenvalue weighted by molar-refractivity contribution is -0.141. The van der Waals surface area contributed by atoms with Crippen LogP contribution in [0.15, 0.2) is 28.7 Å². The van der Waals surface area contributed by atoms with Gasteiger partial charge >= 0.3 is 6.18 Å². The molecule has 0 radical (unpaired) electrons. The van der Waals surface area contributed by atoms with Crippen molar-refractivity contribution in [3.63, 3.8) is 0 Å². The van der Waals surface area contributed by atoms with E-state index in [1.54, 1.807) is 0 Å². The van der Waals surface area contributed by atoms with E-state index in [4.69, 9.17) is 4.42 Å². The van der Waals surface area contributed by atoms with Crippen LogP contribution in [0.5, 0.6) is 0 Å². The van der Waals surface area contributed by atoms with E-state index in [9.17, 15) is 17.6 Å². The Morgan fingerprint density at radius 3 is 2.65 bits per heavy atom. The molecule has 0 aliphatic rings. The zero-order valence-electron chi connectivity index (χ0n) is 10.9. The summed E-state index contributed by atoms with van der Waals surface area (Å²) in [7, 11) is 0. The van der Waals surface area contributed by atoms with Crippen LogP contribution >= 0.6 is 0 Å². The van der Waals surface area contributed by atoms with Gasteiger partial charge in [-0.25, -0.2) is 4.39 Å². The summed E-state index contributed by atoms with van der Waals surface area (Å²) in [6.07, 6.45) is -4.60. The highest BCUT2D eigenvalue weighted by molar-refractivity contribution is 5.78. The summed E-state index contributed by atoms with van der Waals surface area (Å²) in [5.41, 5.74) is 0.381. The molecular weight excluding hydrogens is 274 g/mol. The topological polar surface area (TPSA) is 25.2 Å². The van der Waals surface area contributed by atoms with Gasteiger partial charge in [-0.2, -0.15) is 13.2 Å². The Hall–Kier alpha value is -1.56. The Morgan fingerprint density at radius 2 is 2.00 bits per heavy atom. The molecule has 0 spiro atoms. The second kappa shape index (κ2) is 5.83. The van der Waals surface area contributed by atoms with E-state index in [1.165, 1.54) is 24.3 Å². The highest BCUT2D eigenvalue weighted by Gasteiger charge is 2.33. The van der Waals surface area contributed by atoms with Crippen molar-refractivity contribution in [3.05, 3.63) is 35.8 Å². The Labute approximate surface area is 113 Å². The molecule has 0 aliphatic heterocycles. The fourth-order valence-electron chi connectivity index (χ4n) is 2.03. The molecule has 1 aromatic heterocycles. The molecule has 1 N–H and O–H groups in total. The lowest BCUT2D eigenvalue weighted by Gasteiger charge is -2.17. The third-order valence-electron chi connectivity index (χ3n) is 2.92. The van der Waals surface area contributed by atoms with Crippen LogP contribution in [0.3, 0.4) is 0 Å². The molecule has 0 amide bonds. The van der Waals surface area contributed by atoms with Crippen molar-refractivity contribution in [1.29, 1.82) is 0 Å². The van der Waals surface area contributed by atoms with Crippen LogP contribution in [0.4, 0.5) is 17.6 Å². The van der Waals surface area contributed by atoms with Crippen LogP contribution in [0.25, 0.3) is 11.0 Å². The monoisotopic (exact) mass is 289 g/mol. The highest BCUT2D eigenvalue weighted by Crippen LogP contribution is 2.32. The van der Waals surface area contributed by atoms with Gasteiger partial charge in [-0.15, -0.1) is 0 Å². The molecule has 0 fully saturated rings. The first-order valence-electron chi connectivity index (χ1n) is 6.38. The fourth-order valence-corrected chi connectivity index (χ4v) is 2.03. The fraction of sp³-hybridized carbons (Fsp3) is 0.429. The van der Waals surface area contributed by atoms with Crippen LogP contribution < -0.4 is 5.32 Å². The molecule has 6 heteroatoms. The number of alkyl halides is 3. The predicted molar refractivity (Wildman–Crippen MR) is 67.9 cm³/mol. The standard InChI is InChI=1S/C14H15F4NO/c1-2-5-19-11(8-14(16,17)18)13-7-9-6-10(15)3-4-12(9)20-13/h3-4,6-7,11,19H,2,5,8H2,1H3. The normalized spacial score (nSPS) is 13.8. The molecule has 0 aliphatic carbocycles. The Bertz CT molecular complexity index is 576. The van der Waals surface area contributed by atoms with Crippen LogP contribution in [0.1, 0.15) is 31.6 Å². The maximum Gasteiger partial charge on any atom is 0.391 e. The average molecular weight is 289 g/mol. The predicted octanol–water partition coefficient (Wildman–Crippen LogP) is 4.57. The summed E-state index contributed by atoms with van der Waals surface area (Å²) in [5.74, 6) is -0.268. The molecule has 2 aromatic rings. The molecule has 2 rings (SSSR count). The van der Waals surface area contributed by atoms with E-state index in [0.29, 0.717) is 23.9 Å². The highest BCUT2D eigenvalue weighted by atomic mass is 19.4. The van der Waals surface area contributed by atoms with Gasteiger partial charge in [-0.3, -0.25) is 0 Å². The third kappa shape index (κ3) is 3.72. The van der Waals surface area contributed by atoms with Gasteiger partial charge in [-0.1, -0.05) is 6.92 Å². The molecule has 0 saturated carbocycles. The zero-order chi connectivity index (χ0) is 14.8. The van der Waals surface area contributed by atoms with Crippen LogP contribution in [-0.4, -0.2) is 12.7 Å². The number of hydrogen-bond donors (Lipinski definition) is 1. The maximum absolute atomic E-state index is 13.1. The molecule has 1 heterocycles.